The molecule has 1 aromatic carbocycles. The lowest BCUT2D eigenvalue weighted by Crippen LogP contribution is -2.28. The van der Waals surface area contributed by atoms with Crippen molar-refractivity contribution in [3.05, 3.63) is 51.3 Å². The molecule has 0 radical (unpaired) electrons. The van der Waals surface area contributed by atoms with E-state index in [0.717, 1.165) is 0 Å². The van der Waals surface area contributed by atoms with Gasteiger partial charge in [-0.25, -0.2) is 4.79 Å². The van der Waals surface area contributed by atoms with Crippen molar-refractivity contribution in [2.75, 3.05) is 7.11 Å². The third-order valence-electron chi connectivity index (χ3n) is 3.84. The Morgan fingerprint density at radius 1 is 1.28 bits per heavy atom. The largest absolute Gasteiger partial charge is 0.497 e. The van der Waals surface area contributed by atoms with Gasteiger partial charge in [0.05, 0.1) is 12.0 Å². The number of hydrogen-bond acceptors (Lipinski definition) is 6. The van der Waals surface area contributed by atoms with Gasteiger partial charge in [0.1, 0.15) is 17.3 Å². The number of carbonyl (C=O) groups excluding carboxylic acids is 1. The smallest absolute Gasteiger partial charge is 0.374 e. The SMILES string of the molecule is CCC1=C(C(=O)OC(C)(C)C)O[C@H]([N+](=O)[O-])[C@H]1c1ccc(OC)cc1. The first kappa shape index (κ1) is 18.8. The predicted molar refractivity (Wildman–Crippen MR) is 90.8 cm³/mol. The van der Waals surface area contributed by atoms with Gasteiger partial charge in [-0.1, -0.05) is 19.1 Å². The van der Waals surface area contributed by atoms with E-state index in [-0.39, 0.29) is 5.76 Å². The molecule has 0 saturated carbocycles. The zero-order chi connectivity index (χ0) is 18.8. The summed E-state index contributed by atoms with van der Waals surface area (Å²) in [5, 5.41) is 11.5. The minimum atomic E-state index is -1.36. The Morgan fingerprint density at radius 2 is 1.88 bits per heavy atom. The van der Waals surface area contributed by atoms with Crippen molar-refractivity contribution in [2.45, 2.75) is 51.9 Å². The van der Waals surface area contributed by atoms with Crippen LogP contribution in [0.15, 0.2) is 35.6 Å². The minimum Gasteiger partial charge on any atom is -0.497 e. The molecule has 0 N–H and O–H groups in total. The first-order chi connectivity index (χ1) is 11.7. The van der Waals surface area contributed by atoms with Gasteiger partial charge in [0.25, 0.3) is 0 Å². The molecule has 0 aromatic heterocycles. The molecule has 0 saturated heterocycles. The summed E-state index contributed by atoms with van der Waals surface area (Å²) in [5.41, 5.74) is 0.549. The standard InChI is InChI=1S/C18H23NO6/c1-6-13-14(11-7-9-12(23-5)10-8-11)16(19(21)22)24-15(13)17(20)25-18(2,3)4/h7-10,14,16H,6H2,1-5H3/t14-,16-/m0/s1. The van der Waals surface area contributed by atoms with Gasteiger partial charge in [0.2, 0.25) is 5.76 Å². The normalized spacial score (nSPS) is 20.2. The van der Waals surface area contributed by atoms with Crippen LogP contribution in [0.25, 0.3) is 0 Å². The molecule has 2 rings (SSSR count). The second-order valence-corrected chi connectivity index (χ2v) is 6.75. The monoisotopic (exact) mass is 349 g/mol. The van der Waals surface area contributed by atoms with Crippen LogP contribution in [-0.2, 0) is 14.3 Å². The molecule has 0 amide bonds. The zero-order valence-electron chi connectivity index (χ0n) is 15.1. The van der Waals surface area contributed by atoms with E-state index in [2.05, 4.69) is 0 Å². The van der Waals surface area contributed by atoms with Gasteiger partial charge in [0.15, 0.2) is 0 Å². The Balaban J connectivity index is 2.45. The second kappa shape index (κ2) is 7.13. The van der Waals surface area contributed by atoms with Crippen molar-refractivity contribution in [3.8, 4) is 5.75 Å². The van der Waals surface area contributed by atoms with Crippen LogP contribution in [0.2, 0.25) is 0 Å². The van der Waals surface area contributed by atoms with Crippen molar-refractivity contribution >= 4 is 5.97 Å². The first-order valence-electron chi connectivity index (χ1n) is 8.08. The first-order valence-corrected chi connectivity index (χ1v) is 8.08. The molecule has 1 heterocycles. The van der Waals surface area contributed by atoms with Crippen LogP contribution in [0, 0.1) is 10.1 Å². The van der Waals surface area contributed by atoms with Crippen molar-refractivity contribution in [3.63, 3.8) is 0 Å². The average molecular weight is 349 g/mol. The maximum absolute atomic E-state index is 12.4. The van der Waals surface area contributed by atoms with Crippen LogP contribution in [0.3, 0.4) is 0 Å². The van der Waals surface area contributed by atoms with Crippen LogP contribution in [0.4, 0.5) is 0 Å². The van der Waals surface area contributed by atoms with E-state index in [0.29, 0.717) is 23.3 Å². The second-order valence-electron chi connectivity index (χ2n) is 6.75. The van der Waals surface area contributed by atoms with Crippen LogP contribution < -0.4 is 4.74 Å². The molecule has 7 nitrogen and oxygen atoms in total. The Morgan fingerprint density at radius 3 is 2.32 bits per heavy atom. The summed E-state index contributed by atoms with van der Waals surface area (Å²) >= 11 is 0. The third-order valence-corrected chi connectivity index (χ3v) is 3.84. The molecule has 0 aliphatic carbocycles. The van der Waals surface area contributed by atoms with E-state index in [9.17, 15) is 14.9 Å². The third kappa shape index (κ3) is 4.10. The number of nitrogens with zero attached hydrogens (tertiary/aromatic N) is 1. The minimum absolute atomic E-state index is 0.0556. The Labute approximate surface area is 146 Å². The summed E-state index contributed by atoms with van der Waals surface area (Å²) in [6.07, 6.45) is -0.916. The van der Waals surface area contributed by atoms with Crippen molar-refractivity contribution < 1.29 is 23.9 Å². The summed E-state index contributed by atoms with van der Waals surface area (Å²) in [6, 6.07) is 6.95. The summed E-state index contributed by atoms with van der Waals surface area (Å²) in [4.78, 5) is 23.4. The maximum Gasteiger partial charge on any atom is 0.374 e. The summed E-state index contributed by atoms with van der Waals surface area (Å²) < 4.78 is 15.9. The Kier molecular flexibility index (Phi) is 5.35. The molecule has 0 fully saturated rings. The number of hydrogen-bond donors (Lipinski definition) is 0. The number of benzene rings is 1. The lowest BCUT2D eigenvalue weighted by Gasteiger charge is -2.19. The summed E-state index contributed by atoms with van der Waals surface area (Å²) in [6.45, 7) is 7.04. The van der Waals surface area contributed by atoms with E-state index in [4.69, 9.17) is 14.2 Å². The zero-order valence-corrected chi connectivity index (χ0v) is 15.1. The van der Waals surface area contributed by atoms with Crippen LogP contribution >= 0.6 is 0 Å². The van der Waals surface area contributed by atoms with Gasteiger partial charge in [0, 0.05) is 0 Å². The van der Waals surface area contributed by atoms with E-state index in [1.165, 1.54) is 0 Å². The van der Waals surface area contributed by atoms with Gasteiger partial charge in [-0.15, -0.1) is 0 Å². The fourth-order valence-electron chi connectivity index (χ4n) is 2.80. The molecule has 1 aliphatic rings. The number of ether oxygens (including phenoxy) is 3. The highest BCUT2D eigenvalue weighted by molar-refractivity contribution is 5.88. The fraction of sp³-hybridized carbons (Fsp3) is 0.500. The Hall–Kier alpha value is -2.57. The lowest BCUT2D eigenvalue weighted by molar-refractivity contribution is -0.570. The van der Waals surface area contributed by atoms with E-state index < -0.39 is 28.6 Å². The van der Waals surface area contributed by atoms with Gasteiger partial charge < -0.3 is 14.2 Å². The molecule has 25 heavy (non-hydrogen) atoms. The van der Waals surface area contributed by atoms with Gasteiger partial charge >= 0.3 is 12.2 Å². The number of rotatable bonds is 5. The molecular weight excluding hydrogens is 326 g/mol. The fourth-order valence-corrected chi connectivity index (χ4v) is 2.80. The number of carbonyl (C=O) groups is 1. The average Bonchev–Trinajstić information content (AvgIpc) is 2.93. The van der Waals surface area contributed by atoms with Crippen molar-refractivity contribution in [1.29, 1.82) is 0 Å². The van der Waals surface area contributed by atoms with Crippen molar-refractivity contribution in [1.82, 2.24) is 0 Å². The van der Waals surface area contributed by atoms with E-state index >= 15 is 0 Å². The van der Waals surface area contributed by atoms with Crippen LogP contribution in [0.1, 0.15) is 45.6 Å². The van der Waals surface area contributed by atoms with Crippen LogP contribution in [-0.4, -0.2) is 29.8 Å². The highest BCUT2D eigenvalue weighted by Gasteiger charge is 2.47. The van der Waals surface area contributed by atoms with Gasteiger partial charge in [-0.3, -0.25) is 10.1 Å². The molecule has 2 atom stereocenters. The molecule has 1 aliphatic heterocycles. The highest BCUT2D eigenvalue weighted by Crippen LogP contribution is 2.42. The molecule has 0 spiro atoms. The molecule has 0 bridgehead atoms. The van der Waals surface area contributed by atoms with Gasteiger partial charge in [-0.2, -0.15) is 0 Å². The molecule has 136 valence electrons. The van der Waals surface area contributed by atoms with E-state index in [1.807, 2.05) is 6.92 Å². The maximum atomic E-state index is 12.4. The number of esters is 1. The number of methoxy groups -OCH3 is 1. The molecule has 7 heteroatoms. The predicted octanol–water partition coefficient (Wildman–Crippen LogP) is 3.42. The quantitative estimate of drug-likeness (QED) is 0.460. The van der Waals surface area contributed by atoms with E-state index in [1.54, 1.807) is 52.1 Å². The van der Waals surface area contributed by atoms with Crippen molar-refractivity contribution in [2.24, 2.45) is 0 Å². The molecule has 0 unspecified atom stereocenters. The topological polar surface area (TPSA) is 87.9 Å². The highest BCUT2D eigenvalue weighted by atomic mass is 16.7. The lowest BCUT2D eigenvalue weighted by atomic mass is 9.89. The van der Waals surface area contributed by atoms with Crippen LogP contribution in [0.5, 0.6) is 5.75 Å². The summed E-state index contributed by atoms with van der Waals surface area (Å²) in [7, 11) is 1.55. The molecule has 1 aromatic rings. The number of nitro groups is 1. The summed E-state index contributed by atoms with van der Waals surface area (Å²) in [5.74, 6) is -0.727. The Bertz CT molecular complexity index is 687. The van der Waals surface area contributed by atoms with Gasteiger partial charge in [-0.05, 0) is 50.5 Å². The molecular formula is C18H23NO6.